The van der Waals surface area contributed by atoms with E-state index in [-0.39, 0.29) is 31.1 Å². The van der Waals surface area contributed by atoms with Gasteiger partial charge in [0.05, 0.1) is 0 Å². The number of carbonyl (C=O) groups excluding carboxylic acids is 3. The Morgan fingerprint density at radius 1 is 0.280 bits per heavy atom. The van der Waals surface area contributed by atoms with Crippen molar-refractivity contribution in [3.8, 4) is 0 Å². The average Bonchev–Trinajstić information content (AvgIpc) is 3.41. The summed E-state index contributed by atoms with van der Waals surface area (Å²) in [4.78, 5) is 38.3. The Hall–Kier alpha value is -3.41. The number of ether oxygens (including phenoxy) is 3. The van der Waals surface area contributed by atoms with Crippen LogP contribution in [0.3, 0.4) is 0 Å². The summed E-state index contributed by atoms with van der Waals surface area (Å²) in [5.41, 5.74) is 0. The summed E-state index contributed by atoms with van der Waals surface area (Å²) in [6.07, 6.45) is 83.1. The minimum atomic E-state index is -0.785. The summed E-state index contributed by atoms with van der Waals surface area (Å²) in [5.74, 6) is -0.894. The molecule has 6 heteroatoms. The molecule has 0 aliphatic rings. The summed E-state index contributed by atoms with van der Waals surface area (Å²) < 4.78 is 16.9. The van der Waals surface area contributed by atoms with Crippen molar-refractivity contribution in [3.63, 3.8) is 0 Å². The number of rotatable bonds is 58. The number of hydrogen-bond acceptors (Lipinski definition) is 6. The minimum Gasteiger partial charge on any atom is -0.462 e. The molecule has 0 heterocycles. The van der Waals surface area contributed by atoms with Gasteiger partial charge in [-0.25, -0.2) is 0 Å². The Kier molecular flexibility index (Phi) is 60.3. The molecule has 0 amide bonds. The average molecular weight is 1050 g/mol. The maximum atomic E-state index is 12.9. The van der Waals surface area contributed by atoms with Crippen LogP contribution >= 0.6 is 0 Å². The molecule has 432 valence electrons. The fraction of sp³-hybridized carbons (Fsp3) is 0.754. The van der Waals surface area contributed by atoms with Crippen LogP contribution in [0.1, 0.15) is 316 Å². The van der Waals surface area contributed by atoms with Gasteiger partial charge in [-0.1, -0.05) is 292 Å². The number of unbranched alkanes of at least 4 members (excludes halogenated alkanes) is 33. The summed E-state index contributed by atoms with van der Waals surface area (Å²) in [6, 6.07) is 0. The predicted octanol–water partition coefficient (Wildman–Crippen LogP) is 21.9. The fourth-order valence-corrected chi connectivity index (χ4v) is 9.08. The van der Waals surface area contributed by atoms with E-state index < -0.39 is 6.10 Å². The number of hydrogen-bond donors (Lipinski definition) is 0. The third-order valence-corrected chi connectivity index (χ3v) is 13.9. The first-order valence-corrected chi connectivity index (χ1v) is 32.1. The maximum absolute atomic E-state index is 12.9. The second-order valence-electron chi connectivity index (χ2n) is 21.3. The molecule has 0 radical (unpaired) electrons. The zero-order valence-corrected chi connectivity index (χ0v) is 49.6. The van der Waals surface area contributed by atoms with Crippen LogP contribution in [0.2, 0.25) is 0 Å². The van der Waals surface area contributed by atoms with Gasteiger partial charge in [0.25, 0.3) is 0 Å². The number of esters is 3. The lowest BCUT2D eigenvalue weighted by molar-refractivity contribution is -0.167. The summed E-state index contributed by atoms with van der Waals surface area (Å²) in [7, 11) is 0. The van der Waals surface area contributed by atoms with Gasteiger partial charge in [0.2, 0.25) is 0 Å². The van der Waals surface area contributed by atoms with Gasteiger partial charge in [-0.05, 0) is 89.9 Å². The van der Waals surface area contributed by atoms with Crippen LogP contribution in [-0.2, 0) is 28.6 Å². The smallest absolute Gasteiger partial charge is 0.306 e. The van der Waals surface area contributed by atoms with E-state index in [1.165, 1.54) is 161 Å². The molecule has 0 aromatic heterocycles. The van der Waals surface area contributed by atoms with E-state index >= 15 is 0 Å². The zero-order valence-electron chi connectivity index (χ0n) is 49.6. The van der Waals surface area contributed by atoms with Crippen molar-refractivity contribution in [2.75, 3.05) is 13.2 Å². The summed E-state index contributed by atoms with van der Waals surface area (Å²) in [5, 5.41) is 0. The highest BCUT2D eigenvalue weighted by atomic mass is 16.6. The third kappa shape index (κ3) is 61.3. The van der Waals surface area contributed by atoms with Gasteiger partial charge in [-0.3, -0.25) is 14.4 Å². The maximum Gasteiger partial charge on any atom is 0.306 e. The summed E-state index contributed by atoms with van der Waals surface area (Å²) in [6.45, 7) is 6.50. The van der Waals surface area contributed by atoms with E-state index in [0.29, 0.717) is 19.3 Å². The van der Waals surface area contributed by atoms with E-state index in [1.54, 1.807) is 0 Å². The second-order valence-corrected chi connectivity index (χ2v) is 21.3. The van der Waals surface area contributed by atoms with Gasteiger partial charge in [0, 0.05) is 19.3 Å². The van der Waals surface area contributed by atoms with E-state index in [4.69, 9.17) is 14.2 Å². The van der Waals surface area contributed by atoms with Crippen molar-refractivity contribution in [3.05, 3.63) is 85.1 Å². The molecule has 1 atom stereocenters. The molecule has 0 spiro atoms. The molecular weight excluding hydrogens is 925 g/mol. The van der Waals surface area contributed by atoms with Gasteiger partial charge in [-0.2, -0.15) is 0 Å². The van der Waals surface area contributed by atoms with Crippen LogP contribution in [0.5, 0.6) is 0 Å². The Balaban J connectivity index is 4.30. The Morgan fingerprint density at radius 2 is 0.533 bits per heavy atom. The van der Waals surface area contributed by atoms with Gasteiger partial charge < -0.3 is 14.2 Å². The van der Waals surface area contributed by atoms with Gasteiger partial charge in [-0.15, -0.1) is 0 Å². The Labute approximate surface area is 465 Å². The standard InChI is InChI=1S/C69H120O6/c1-4-7-10-13-16-19-22-24-26-28-30-32-33-34-35-37-38-40-42-44-47-50-53-56-59-62-68(71)74-65-66(64-73-67(70)61-58-55-52-49-46-21-18-15-12-9-6-3)75-69(72)63-60-57-54-51-48-45-43-41-39-36-31-29-27-25-23-20-17-14-11-8-5-2/h7,10,15-16,18-19,24,26,30,32,34-35,38,40,66H,4-6,8-9,11-14,17,20-23,25,27-29,31,33,36-37,39,41-65H2,1-3H3/b10-7-,18-15-,19-16-,26-24-,32-30-,35-34-,40-38-. The molecule has 0 N–H and O–H groups in total. The first-order valence-electron chi connectivity index (χ1n) is 32.1. The van der Waals surface area contributed by atoms with Crippen LogP contribution in [0.15, 0.2) is 85.1 Å². The van der Waals surface area contributed by atoms with Gasteiger partial charge >= 0.3 is 17.9 Å². The molecule has 0 saturated heterocycles. The van der Waals surface area contributed by atoms with Gasteiger partial charge in [0.15, 0.2) is 6.10 Å². The van der Waals surface area contributed by atoms with Crippen molar-refractivity contribution in [1.82, 2.24) is 0 Å². The van der Waals surface area contributed by atoms with Gasteiger partial charge in [0.1, 0.15) is 13.2 Å². The van der Waals surface area contributed by atoms with Crippen LogP contribution in [0.4, 0.5) is 0 Å². The Morgan fingerprint density at radius 3 is 0.867 bits per heavy atom. The minimum absolute atomic E-state index is 0.0832. The molecule has 6 nitrogen and oxygen atoms in total. The van der Waals surface area contributed by atoms with Crippen LogP contribution in [0, 0.1) is 0 Å². The van der Waals surface area contributed by atoms with Crippen LogP contribution in [0.25, 0.3) is 0 Å². The molecule has 0 aromatic rings. The van der Waals surface area contributed by atoms with E-state index in [0.717, 1.165) is 116 Å². The topological polar surface area (TPSA) is 78.9 Å². The molecule has 0 aromatic carbocycles. The van der Waals surface area contributed by atoms with Crippen molar-refractivity contribution in [2.45, 2.75) is 322 Å². The van der Waals surface area contributed by atoms with Crippen molar-refractivity contribution in [1.29, 1.82) is 0 Å². The molecule has 0 saturated carbocycles. The highest BCUT2D eigenvalue weighted by Crippen LogP contribution is 2.17. The first-order chi connectivity index (χ1) is 37.0. The highest BCUT2D eigenvalue weighted by molar-refractivity contribution is 5.71. The fourth-order valence-electron chi connectivity index (χ4n) is 9.08. The lowest BCUT2D eigenvalue weighted by atomic mass is 10.0. The third-order valence-electron chi connectivity index (χ3n) is 13.9. The number of carbonyl (C=O) groups is 3. The molecule has 0 aliphatic carbocycles. The molecule has 0 rings (SSSR count). The van der Waals surface area contributed by atoms with E-state index in [2.05, 4.69) is 106 Å². The Bertz CT molecular complexity index is 1430. The highest BCUT2D eigenvalue weighted by Gasteiger charge is 2.19. The SMILES string of the molecule is CC/C=C\C/C=C\C/C=C\C/C=C\C/C=C\C/C=C\CCCCCCCCC(=O)OCC(COC(=O)CCCCCCC/C=C\CCCC)OC(=O)CCCCCCCCCCCCCCCCCCCCCCC. The molecule has 0 aliphatic heterocycles. The van der Waals surface area contributed by atoms with E-state index in [1.807, 2.05) is 0 Å². The summed E-state index contributed by atoms with van der Waals surface area (Å²) >= 11 is 0. The zero-order chi connectivity index (χ0) is 54.3. The van der Waals surface area contributed by atoms with Crippen LogP contribution < -0.4 is 0 Å². The van der Waals surface area contributed by atoms with Crippen molar-refractivity contribution < 1.29 is 28.6 Å². The van der Waals surface area contributed by atoms with E-state index in [9.17, 15) is 14.4 Å². The molecule has 1 unspecified atom stereocenters. The van der Waals surface area contributed by atoms with Crippen molar-refractivity contribution >= 4 is 17.9 Å². The first kappa shape index (κ1) is 71.6. The number of allylic oxidation sites excluding steroid dienone is 14. The quantitative estimate of drug-likeness (QED) is 0.0261. The lowest BCUT2D eigenvalue weighted by Crippen LogP contribution is -2.30. The second kappa shape index (κ2) is 63.1. The molecular formula is C69H120O6. The molecule has 0 bridgehead atoms. The monoisotopic (exact) mass is 1040 g/mol. The predicted molar refractivity (Wildman–Crippen MR) is 325 cm³/mol. The molecule has 75 heavy (non-hydrogen) atoms. The lowest BCUT2D eigenvalue weighted by Gasteiger charge is -2.18. The van der Waals surface area contributed by atoms with Crippen molar-refractivity contribution in [2.24, 2.45) is 0 Å². The largest absolute Gasteiger partial charge is 0.462 e. The molecule has 0 fully saturated rings. The van der Waals surface area contributed by atoms with Crippen LogP contribution in [-0.4, -0.2) is 37.2 Å². The normalized spacial score (nSPS) is 12.6.